The van der Waals surface area contributed by atoms with Gasteiger partial charge in [0.15, 0.2) is 0 Å². The smallest absolute Gasteiger partial charge is 0.0340 e. The Labute approximate surface area is 151 Å². The van der Waals surface area contributed by atoms with Gasteiger partial charge in [0.25, 0.3) is 0 Å². The van der Waals surface area contributed by atoms with E-state index >= 15 is 0 Å². The molecular weight excluding hydrogens is 306 g/mol. The summed E-state index contributed by atoms with van der Waals surface area (Å²) >= 11 is 0. The summed E-state index contributed by atoms with van der Waals surface area (Å²) in [5.74, 6) is 0.795. The predicted octanol–water partition coefficient (Wildman–Crippen LogP) is 3.55. The zero-order valence-corrected chi connectivity index (χ0v) is 15.2. The fourth-order valence-corrected chi connectivity index (χ4v) is 4.77. The van der Waals surface area contributed by atoms with E-state index in [4.69, 9.17) is 0 Å². The second-order valence-corrected chi connectivity index (χ2v) is 7.96. The van der Waals surface area contributed by atoms with Crippen molar-refractivity contribution in [3.05, 3.63) is 66.2 Å². The van der Waals surface area contributed by atoms with E-state index in [9.17, 15) is 0 Å². The molecule has 2 aliphatic rings. The Balaban J connectivity index is 1.48. The molecule has 0 bridgehead atoms. The minimum Gasteiger partial charge on any atom is -0.384 e. The molecule has 4 rings (SSSR count). The van der Waals surface area contributed by atoms with Crippen LogP contribution in [0.1, 0.15) is 12.0 Å². The summed E-state index contributed by atoms with van der Waals surface area (Å²) in [5, 5.41) is 3.73. The number of rotatable bonds is 5. The molecule has 2 aliphatic heterocycles. The quantitative estimate of drug-likeness (QED) is 0.901. The number of piperidine rings is 1. The highest BCUT2D eigenvalue weighted by Gasteiger charge is 2.48. The lowest BCUT2D eigenvalue weighted by Gasteiger charge is -2.43. The monoisotopic (exact) mass is 335 g/mol. The summed E-state index contributed by atoms with van der Waals surface area (Å²) in [7, 11) is 2.28. The molecule has 132 valence electrons. The minimum atomic E-state index is 0.359. The van der Waals surface area contributed by atoms with Crippen LogP contribution in [0.5, 0.6) is 0 Å². The topological polar surface area (TPSA) is 18.5 Å². The maximum absolute atomic E-state index is 3.73. The molecule has 3 nitrogen and oxygen atoms in total. The summed E-state index contributed by atoms with van der Waals surface area (Å²) in [4.78, 5) is 5.20. The zero-order chi connectivity index (χ0) is 17.1. The lowest BCUT2D eigenvalue weighted by molar-refractivity contribution is 0.0890. The average Bonchev–Trinajstić information content (AvgIpc) is 2.99. The average molecular weight is 335 g/mol. The van der Waals surface area contributed by atoms with Crippen LogP contribution in [0.15, 0.2) is 60.7 Å². The largest absolute Gasteiger partial charge is 0.384 e. The van der Waals surface area contributed by atoms with Crippen molar-refractivity contribution in [2.24, 2.45) is 11.3 Å². The molecule has 2 heterocycles. The van der Waals surface area contributed by atoms with Crippen molar-refractivity contribution in [1.82, 2.24) is 9.80 Å². The fourth-order valence-electron chi connectivity index (χ4n) is 4.77. The Morgan fingerprint density at radius 1 is 1.00 bits per heavy atom. The normalized spacial score (nSPS) is 27.2. The van der Waals surface area contributed by atoms with Crippen molar-refractivity contribution in [1.29, 1.82) is 0 Å². The van der Waals surface area contributed by atoms with Crippen LogP contribution < -0.4 is 5.32 Å². The standard InChI is InChI=1S/C22H29N3/c1-24-13-12-20-15-25(14-19-8-4-2-5-9-19)18-22(20,17-24)16-23-21-10-6-3-7-11-21/h2-11,20,23H,12-18H2,1H3. The van der Waals surface area contributed by atoms with E-state index in [1.54, 1.807) is 0 Å². The molecule has 2 atom stereocenters. The lowest BCUT2D eigenvalue weighted by atomic mass is 9.73. The highest BCUT2D eigenvalue weighted by molar-refractivity contribution is 5.42. The number of benzene rings is 2. The molecule has 2 saturated heterocycles. The van der Waals surface area contributed by atoms with E-state index in [2.05, 4.69) is 82.8 Å². The van der Waals surface area contributed by atoms with Gasteiger partial charge in [0.2, 0.25) is 0 Å². The Morgan fingerprint density at radius 2 is 1.72 bits per heavy atom. The first-order chi connectivity index (χ1) is 12.2. The van der Waals surface area contributed by atoms with Gasteiger partial charge in [0.1, 0.15) is 0 Å². The number of hydrogen-bond acceptors (Lipinski definition) is 3. The SMILES string of the molecule is CN1CCC2CN(Cc3ccccc3)CC2(CNc2ccccc2)C1. The molecule has 2 fully saturated rings. The van der Waals surface area contributed by atoms with E-state index in [0.717, 1.165) is 19.0 Å². The van der Waals surface area contributed by atoms with Gasteiger partial charge in [-0.2, -0.15) is 0 Å². The number of likely N-dealkylation sites (tertiary alicyclic amines) is 2. The van der Waals surface area contributed by atoms with Gasteiger partial charge in [0, 0.05) is 43.8 Å². The summed E-state index contributed by atoms with van der Waals surface area (Å²) in [6.07, 6.45) is 1.32. The summed E-state index contributed by atoms with van der Waals surface area (Å²) < 4.78 is 0. The predicted molar refractivity (Wildman–Crippen MR) is 105 cm³/mol. The molecule has 0 saturated carbocycles. The zero-order valence-electron chi connectivity index (χ0n) is 15.2. The van der Waals surface area contributed by atoms with Crippen LogP contribution >= 0.6 is 0 Å². The minimum absolute atomic E-state index is 0.359. The third-order valence-electron chi connectivity index (χ3n) is 5.99. The molecule has 0 amide bonds. The molecule has 0 spiro atoms. The third kappa shape index (κ3) is 3.73. The summed E-state index contributed by atoms with van der Waals surface area (Å²) in [6.45, 7) is 7.00. The van der Waals surface area contributed by atoms with Crippen LogP contribution in [0.25, 0.3) is 0 Å². The van der Waals surface area contributed by atoms with Gasteiger partial charge in [-0.05, 0) is 43.6 Å². The molecule has 0 radical (unpaired) electrons. The van der Waals surface area contributed by atoms with Gasteiger partial charge in [-0.1, -0.05) is 48.5 Å². The van der Waals surface area contributed by atoms with E-state index < -0.39 is 0 Å². The molecule has 3 heteroatoms. The number of fused-ring (bicyclic) bond motifs is 1. The van der Waals surface area contributed by atoms with Crippen molar-refractivity contribution in [2.75, 3.05) is 45.1 Å². The highest BCUT2D eigenvalue weighted by Crippen LogP contribution is 2.42. The van der Waals surface area contributed by atoms with Crippen LogP contribution in [0, 0.1) is 11.3 Å². The van der Waals surface area contributed by atoms with Crippen LogP contribution in [0.2, 0.25) is 0 Å². The molecular formula is C22H29N3. The number of anilines is 1. The first kappa shape index (κ1) is 16.6. The number of nitrogens with one attached hydrogen (secondary N) is 1. The van der Waals surface area contributed by atoms with Gasteiger partial charge >= 0.3 is 0 Å². The highest BCUT2D eigenvalue weighted by atomic mass is 15.2. The molecule has 0 aliphatic carbocycles. The Bertz CT molecular complexity index is 672. The van der Waals surface area contributed by atoms with E-state index in [1.165, 1.54) is 43.9 Å². The van der Waals surface area contributed by atoms with Crippen LogP contribution in [-0.2, 0) is 6.54 Å². The third-order valence-corrected chi connectivity index (χ3v) is 5.99. The van der Waals surface area contributed by atoms with Crippen LogP contribution in [-0.4, -0.2) is 49.6 Å². The van der Waals surface area contributed by atoms with Gasteiger partial charge in [-0.25, -0.2) is 0 Å². The van der Waals surface area contributed by atoms with Gasteiger partial charge in [-0.3, -0.25) is 4.90 Å². The Hall–Kier alpha value is -1.84. The molecule has 1 N–H and O–H groups in total. The molecule has 0 aromatic heterocycles. The van der Waals surface area contributed by atoms with Crippen molar-refractivity contribution in [3.63, 3.8) is 0 Å². The Morgan fingerprint density at radius 3 is 2.48 bits per heavy atom. The molecule has 25 heavy (non-hydrogen) atoms. The number of nitrogens with zero attached hydrogens (tertiary/aromatic N) is 2. The van der Waals surface area contributed by atoms with Gasteiger partial charge < -0.3 is 10.2 Å². The second kappa shape index (κ2) is 7.19. The van der Waals surface area contributed by atoms with E-state index in [1.807, 2.05) is 0 Å². The first-order valence-electron chi connectivity index (χ1n) is 9.47. The van der Waals surface area contributed by atoms with Crippen LogP contribution in [0.3, 0.4) is 0 Å². The number of para-hydroxylation sites is 1. The fraction of sp³-hybridized carbons (Fsp3) is 0.455. The lowest BCUT2D eigenvalue weighted by Crippen LogP contribution is -2.50. The maximum Gasteiger partial charge on any atom is 0.0340 e. The van der Waals surface area contributed by atoms with Crippen molar-refractivity contribution in [2.45, 2.75) is 13.0 Å². The second-order valence-electron chi connectivity index (χ2n) is 7.96. The van der Waals surface area contributed by atoms with Gasteiger partial charge in [-0.15, -0.1) is 0 Å². The first-order valence-corrected chi connectivity index (χ1v) is 9.47. The van der Waals surface area contributed by atoms with Crippen molar-refractivity contribution >= 4 is 5.69 Å². The molecule has 2 aromatic carbocycles. The molecule has 2 aromatic rings. The van der Waals surface area contributed by atoms with E-state index in [-0.39, 0.29) is 0 Å². The van der Waals surface area contributed by atoms with Crippen LogP contribution in [0.4, 0.5) is 5.69 Å². The van der Waals surface area contributed by atoms with Crippen molar-refractivity contribution < 1.29 is 0 Å². The summed E-state index contributed by atoms with van der Waals surface area (Å²) in [5.41, 5.74) is 3.03. The van der Waals surface area contributed by atoms with Crippen molar-refractivity contribution in [3.8, 4) is 0 Å². The van der Waals surface area contributed by atoms with Gasteiger partial charge in [0.05, 0.1) is 0 Å². The number of hydrogen-bond donors (Lipinski definition) is 1. The summed E-state index contributed by atoms with van der Waals surface area (Å²) in [6, 6.07) is 21.6. The van der Waals surface area contributed by atoms with E-state index in [0.29, 0.717) is 5.41 Å². The maximum atomic E-state index is 3.73. The Kier molecular flexibility index (Phi) is 4.78. The molecule has 2 unspecified atom stereocenters.